The minimum Gasteiger partial charge on any atom is -0.357 e. The predicted molar refractivity (Wildman–Crippen MR) is 110 cm³/mol. The normalized spacial score (nSPS) is 18.4. The third-order valence-electron chi connectivity index (χ3n) is 5.40. The Kier molecular flexibility index (Phi) is 4.88. The number of anilines is 2. The quantitative estimate of drug-likeness (QED) is 0.614. The lowest BCUT2D eigenvalue weighted by Gasteiger charge is -2.33. The number of nitro groups is 1. The number of carbonyl (C=O) groups excluding carboxylic acids is 2. The van der Waals surface area contributed by atoms with Gasteiger partial charge in [-0.2, -0.15) is 0 Å². The van der Waals surface area contributed by atoms with E-state index in [-0.39, 0.29) is 23.8 Å². The van der Waals surface area contributed by atoms with E-state index in [1.807, 2.05) is 24.3 Å². The molecule has 2 aliphatic rings. The predicted octanol–water partition coefficient (Wildman–Crippen LogP) is 4.51. The molecule has 148 valence electrons. The number of hydrogen-bond donors (Lipinski definition) is 1. The first-order valence-electron chi connectivity index (χ1n) is 9.70. The van der Waals surface area contributed by atoms with Gasteiger partial charge in [-0.1, -0.05) is 31.2 Å². The number of ketones is 1. The van der Waals surface area contributed by atoms with Crippen LogP contribution in [0.2, 0.25) is 0 Å². The molecular formula is C22H21N3O4. The number of rotatable bonds is 3. The standard InChI is InChI=1S/C22H21N3O4/c1-2-20(27)24-18-11-4-3-9-16(18)23-17-10-6-12-19(26)21(17)22(24)14-7-5-8-15(13-14)25(28)29/h3-5,7-9,11,13,22-23H,2,6,10,12H2,1H3/t22-/m0/s1. The molecule has 0 aromatic heterocycles. The van der Waals surface area contributed by atoms with E-state index in [2.05, 4.69) is 5.32 Å². The molecule has 0 saturated carbocycles. The molecule has 0 unspecified atom stereocenters. The minimum atomic E-state index is -0.707. The van der Waals surface area contributed by atoms with Crippen LogP contribution in [0, 0.1) is 10.1 Å². The summed E-state index contributed by atoms with van der Waals surface area (Å²) in [6.07, 6.45) is 2.07. The Labute approximate surface area is 168 Å². The number of fused-ring (bicyclic) bond motifs is 1. The molecule has 1 N–H and O–H groups in total. The Morgan fingerprint density at radius 3 is 2.76 bits per heavy atom. The lowest BCUT2D eigenvalue weighted by Crippen LogP contribution is -2.37. The molecule has 4 rings (SSSR count). The molecule has 0 bridgehead atoms. The molecule has 1 heterocycles. The van der Waals surface area contributed by atoms with Gasteiger partial charge in [-0.3, -0.25) is 24.6 Å². The van der Waals surface area contributed by atoms with Crippen molar-refractivity contribution in [1.29, 1.82) is 0 Å². The largest absolute Gasteiger partial charge is 0.357 e. The van der Waals surface area contributed by atoms with Gasteiger partial charge in [0.15, 0.2) is 5.78 Å². The number of hydrogen-bond acceptors (Lipinski definition) is 5. The van der Waals surface area contributed by atoms with Crippen molar-refractivity contribution in [3.05, 3.63) is 75.5 Å². The van der Waals surface area contributed by atoms with Gasteiger partial charge in [0.2, 0.25) is 5.91 Å². The summed E-state index contributed by atoms with van der Waals surface area (Å²) < 4.78 is 0. The molecule has 1 atom stereocenters. The van der Waals surface area contributed by atoms with Crippen molar-refractivity contribution in [1.82, 2.24) is 0 Å². The summed E-state index contributed by atoms with van der Waals surface area (Å²) in [6, 6.07) is 12.9. The van der Waals surface area contributed by atoms with Gasteiger partial charge in [0.1, 0.15) is 0 Å². The molecule has 0 spiro atoms. The highest BCUT2D eigenvalue weighted by molar-refractivity contribution is 6.06. The molecular weight excluding hydrogens is 370 g/mol. The summed E-state index contributed by atoms with van der Waals surface area (Å²) in [5, 5.41) is 14.7. The Hall–Kier alpha value is -3.48. The first-order valence-corrected chi connectivity index (χ1v) is 9.70. The van der Waals surface area contributed by atoms with Crippen LogP contribution in [0.5, 0.6) is 0 Å². The number of nitro benzene ring substituents is 1. The summed E-state index contributed by atoms with van der Waals surface area (Å²) in [6.45, 7) is 1.77. The van der Waals surface area contributed by atoms with Crippen LogP contribution >= 0.6 is 0 Å². The van der Waals surface area contributed by atoms with E-state index in [4.69, 9.17) is 0 Å². The van der Waals surface area contributed by atoms with Crippen molar-refractivity contribution in [3.8, 4) is 0 Å². The first-order chi connectivity index (χ1) is 14.0. The van der Waals surface area contributed by atoms with Crippen LogP contribution in [0.15, 0.2) is 59.8 Å². The van der Waals surface area contributed by atoms with Gasteiger partial charge in [0, 0.05) is 36.2 Å². The Morgan fingerprint density at radius 1 is 1.21 bits per heavy atom. The molecule has 1 amide bonds. The molecule has 7 heteroatoms. The van der Waals surface area contributed by atoms with Gasteiger partial charge in [-0.05, 0) is 30.5 Å². The number of carbonyl (C=O) groups is 2. The number of Topliss-reactive ketones (excluding diaryl/α,β-unsaturated/α-hetero) is 1. The van der Waals surface area contributed by atoms with Crippen molar-refractivity contribution in [2.75, 3.05) is 10.2 Å². The fraction of sp³-hybridized carbons (Fsp3) is 0.273. The summed E-state index contributed by atoms with van der Waals surface area (Å²) in [4.78, 5) is 38.6. The van der Waals surface area contributed by atoms with E-state index in [0.29, 0.717) is 29.7 Å². The van der Waals surface area contributed by atoms with Crippen LogP contribution < -0.4 is 10.2 Å². The highest BCUT2D eigenvalue weighted by Crippen LogP contribution is 2.45. The summed E-state index contributed by atoms with van der Waals surface area (Å²) in [5.41, 5.74) is 3.22. The van der Waals surface area contributed by atoms with E-state index >= 15 is 0 Å². The van der Waals surface area contributed by atoms with Gasteiger partial charge >= 0.3 is 0 Å². The average Bonchev–Trinajstić information content (AvgIpc) is 2.88. The van der Waals surface area contributed by atoms with Gasteiger partial charge in [-0.15, -0.1) is 0 Å². The monoisotopic (exact) mass is 391 g/mol. The van der Waals surface area contributed by atoms with E-state index < -0.39 is 11.0 Å². The number of amides is 1. The first kappa shape index (κ1) is 18.9. The molecule has 29 heavy (non-hydrogen) atoms. The average molecular weight is 391 g/mol. The summed E-state index contributed by atoms with van der Waals surface area (Å²) >= 11 is 0. The van der Waals surface area contributed by atoms with E-state index in [1.165, 1.54) is 12.1 Å². The van der Waals surface area contributed by atoms with Crippen LogP contribution in [-0.4, -0.2) is 16.6 Å². The third kappa shape index (κ3) is 3.29. The number of benzene rings is 2. The second kappa shape index (κ2) is 7.50. The number of allylic oxidation sites excluding steroid dienone is 1. The Bertz CT molecular complexity index is 1040. The fourth-order valence-corrected chi connectivity index (χ4v) is 4.10. The van der Waals surface area contributed by atoms with Gasteiger partial charge in [0.05, 0.1) is 22.3 Å². The van der Waals surface area contributed by atoms with Gasteiger partial charge < -0.3 is 5.32 Å². The third-order valence-corrected chi connectivity index (χ3v) is 5.40. The number of non-ortho nitro benzene ring substituents is 1. The Morgan fingerprint density at radius 2 is 2.00 bits per heavy atom. The SMILES string of the molecule is CCC(=O)N1c2ccccc2NC2=C(C(=O)CCC2)[C@@H]1c1cccc([N+](=O)[O-])c1. The maximum atomic E-state index is 13.1. The Balaban J connectivity index is 2.01. The van der Waals surface area contributed by atoms with Gasteiger partial charge in [-0.25, -0.2) is 0 Å². The number of nitrogens with one attached hydrogen (secondary N) is 1. The number of nitrogens with zero attached hydrogens (tertiary/aromatic N) is 2. The lowest BCUT2D eigenvalue weighted by molar-refractivity contribution is -0.384. The maximum absolute atomic E-state index is 13.1. The number of para-hydroxylation sites is 2. The van der Waals surface area contributed by atoms with Crippen molar-refractivity contribution >= 4 is 28.8 Å². The zero-order valence-electron chi connectivity index (χ0n) is 16.1. The van der Waals surface area contributed by atoms with E-state index in [0.717, 1.165) is 17.8 Å². The molecule has 1 aliphatic heterocycles. The van der Waals surface area contributed by atoms with Crippen molar-refractivity contribution in [2.45, 2.75) is 38.6 Å². The van der Waals surface area contributed by atoms with Crippen LogP contribution in [0.25, 0.3) is 0 Å². The van der Waals surface area contributed by atoms with Crippen LogP contribution in [-0.2, 0) is 9.59 Å². The van der Waals surface area contributed by atoms with Crippen LogP contribution in [0.3, 0.4) is 0 Å². The van der Waals surface area contributed by atoms with E-state index in [1.54, 1.807) is 24.0 Å². The van der Waals surface area contributed by atoms with Crippen molar-refractivity contribution in [2.24, 2.45) is 0 Å². The zero-order valence-corrected chi connectivity index (χ0v) is 16.1. The fourth-order valence-electron chi connectivity index (χ4n) is 4.10. The zero-order chi connectivity index (χ0) is 20.5. The smallest absolute Gasteiger partial charge is 0.269 e. The summed E-state index contributed by atoms with van der Waals surface area (Å²) in [7, 11) is 0. The van der Waals surface area contributed by atoms with Crippen LogP contribution in [0.4, 0.5) is 17.1 Å². The molecule has 7 nitrogen and oxygen atoms in total. The van der Waals surface area contributed by atoms with Crippen molar-refractivity contribution in [3.63, 3.8) is 0 Å². The lowest BCUT2D eigenvalue weighted by atomic mass is 9.85. The molecule has 0 fully saturated rings. The molecule has 2 aromatic rings. The molecule has 0 radical (unpaired) electrons. The molecule has 1 aliphatic carbocycles. The highest BCUT2D eigenvalue weighted by Gasteiger charge is 2.39. The van der Waals surface area contributed by atoms with Crippen LogP contribution in [0.1, 0.15) is 44.2 Å². The topological polar surface area (TPSA) is 92.6 Å². The summed E-state index contributed by atoms with van der Waals surface area (Å²) in [5.74, 6) is -0.181. The van der Waals surface area contributed by atoms with Crippen molar-refractivity contribution < 1.29 is 14.5 Å². The second-order valence-corrected chi connectivity index (χ2v) is 7.18. The maximum Gasteiger partial charge on any atom is 0.269 e. The second-order valence-electron chi connectivity index (χ2n) is 7.18. The highest BCUT2D eigenvalue weighted by atomic mass is 16.6. The minimum absolute atomic E-state index is 0.0306. The van der Waals surface area contributed by atoms with E-state index in [9.17, 15) is 19.7 Å². The molecule has 0 saturated heterocycles. The molecule has 2 aromatic carbocycles. The van der Waals surface area contributed by atoms with Gasteiger partial charge in [0.25, 0.3) is 5.69 Å².